The third-order valence-corrected chi connectivity index (χ3v) is 15.4. The second-order valence-corrected chi connectivity index (χ2v) is 17.3. The summed E-state index contributed by atoms with van der Waals surface area (Å²) in [7, 11) is -3.74. The van der Waals surface area contributed by atoms with Gasteiger partial charge in [-0.05, 0) is 104 Å². The van der Waals surface area contributed by atoms with Crippen LogP contribution in [0.4, 0.5) is 13.2 Å². The van der Waals surface area contributed by atoms with Gasteiger partial charge in [-0.15, -0.1) is 0 Å². The molecule has 5 aliphatic rings. The van der Waals surface area contributed by atoms with E-state index in [2.05, 4.69) is 20.8 Å². The molecule has 1 aromatic carbocycles. The number of rotatable bonds is 6. The van der Waals surface area contributed by atoms with Gasteiger partial charge in [0.05, 0.1) is 22.4 Å². The Labute approximate surface area is 254 Å². The van der Waals surface area contributed by atoms with Gasteiger partial charge >= 0.3 is 6.18 Å². The highest BCUT2D eigenvalue weighted by Gasteiger charge is 2.64. The summed E-state index contributed by atoms with van der Waals surface area (Å²) in [5, 5.41) is 21.1. The molecule has 3 saturated carbocycles. The van der Waals surface area contributed by atoms with Crippen molar-refractivity contribution in [1.29, 1.82) is 0 Å². The Morgan fingerprint density at radius 1 is 1.00 bits per heavy atom. The molecule has 4 fully saturated rings. The first-order chi connectivity index (χ1) is 20.0. The molecule has 0 spiro atoms. The van der Waals surface area contributed by atoms with Crippen LogP contribution in [0.3, 0.4) is 0 Å². The Morgan fingerprint density at radius 2 is 1.72 bits per heavy atom. The van der Waals surface area contributed by atoms with Crippen LogP contribution in [0.25, 0.3) is 0 Å². The first kappa shape index (κ1) is 31.6. The summed E-state index contributed by atoms with van der Waals surface area (Å²) >= 11 is 0. The minimum Gasteiger partial charge on any atom is -0.387 e. The van der Waals surface area contributed by atoms with E-state index in [0.717, 1.165) is 31.3 Å². The molecular weight excluding hydrogens is 577 g/mol. The topological polar surface area (TPSA) is 83.8 Å². The molecule has 9 heteroatoms. The lowest BCUT2D eigenvalue weighted by molar-refractivity contribution is -0.271. The summed E-state index contributed by atoms with van der Waals surface area (Å²) in [6, 6.07) is 8.57. The summed E-state index contributed by atoms with van der Waals surface area (Å²) < 4.78 is 75.2. The molecular formula is C34H47F3O5S. The van der Waals surface area contributed by atoms with Crippen molar-refractivity contribution in [1.82, 2.24) is 0 Å². The Balaban J connectivity index is 1.28. The number of sulfone groups is 1. The van der Waals surface area contributed by atoms with Crippen molar-refractivity contribution in [3.05, 3.63) is 42.0 Å². The summed E-state index contributed by atoms with van der Waals surface area (Å²) in [6.45, 7) is 7.08. The molecule has 0 amide bonds. The molecule has 1 aromatic rings. The SMILES string of the molecule is C[C@H](C(CC1(O)CCOC1)S(=O)(=O)c1ccccc1)[C@H]1CC[C@H]2[C@@H]3CC=C4C[C@](O)(C(F)(F)F)CC[C@]4(C)C3CC[C@]12C. The number of hydrogen-bond donors (Lipinski definition) is 2. The first-order valence-electron chi connectivity index (χ1n) is 16.1. The molecule has 3 unspecified atom stereocenters. The average molecular weight is 625 g/mol. The third kappa shape index (κ3) is 5.03. The van der Waals surface area contributed by atoms with E-state index < -0.39 is 32.5 Å². The second kappa shape index (κ2) is 10.6. The summed E-state index contributed by atoms with van der Waals surface area (Å²) in [4.78, 5) is 0.284. The van der Waals surface area contributed by atoms with Crippen LogP contribution >= 0.6 is 0 Å². The van der Waals surface area contributed by atoms with Gasteiger partial charge in [0.25, 0.3) is 0 Å². The molecule has 2 N–H and O–H groups in total. The van der Waals surface area contributed by atoms with E-state index in [4.69, 9.17) is 4.74 Å². The Hall–Kier alpha value is -1.42. The Bertz CT molecular complexity index is 1340. The van der Waals surface area contributed by atoms with E-state index in [0.29, 0.717) is 37.7 Å². The molecule has 1 aliphatic heterocycles. The average Bonchev–Trinajstić information content (AvgIpc) is 3.54. The van der Waals surface area contributed by atoms with Gasteiger partial charge in [0.1, 0.15) is 0 Å². The summed E-state index contributed by atoms with van der Waals surface area (Å²) in [5.74, 6) is 0.904. The van der Waals surface area contributed by atoms with E-state index in [1.165, 1.54) is 0 Å². The molecule has 0 aromatic heterocycles. The quantitative estimate of drug-likeness (QED) is 0.337. The van der Waals surface area contributed by atoms with Crippen LogP contribution < -0.4 is 0 Å². The maximum Gasteiger partial charge on any atom is 0.417 e. The summed E-state index contributed by atoms with van der Waals surface area (Å²) in [6.07, 6.45) is 2.07. The van der Waals surface area contributed by atoms with Gasteiger partial charge in [0.2, 0.25) is 0 Å². The lowest BCUT2D eigenvalue weighted by Crippen LogP contribution is -2.56. The number of halogens is 3. The van der Waals surface area contributed by atoms with Gasteiger partial charge < -0.3 is 14.9 Å². The fraction of sp³-hybridized carbons (Fsp3) is 0.765. The maximum atomic E-state index is 14.2. The molecule has 6 rings (SSSR count). The standard InChI is InChI=1S/C34H47F3O5S/c1-22(29(20-32(38)17-18-42-21-32)43(40,41)24-7-5-4-6-8-24)26-11-12-27-25-10-9-23-19-33(39,34(35,36)37)16-15-30(23,2)28(25)13-14-31(26,27)3/h4-9,22,25-29,38-39H,10-21H2,1-3H3/t22-,25-,26+,27-,28?,29?,30-,31+,32?,33-/m0/s1. The van der Waals surface area contributed by atoms with Crippen LogP contribution in [0, 0.1) is 40.4 Å². The molecule has 0 radical (unpaired) electrons. The van der Waals surface area contributed by atoms with Crippen molar-refractivity contribution in [3.63, 3.8) is 0 Å². The molecule has 5 nitrogen and oxygen atoms in total. The van der Waals surface area contributed by atoms with Crippen LogP contribution in [-0.2, 0) is 14.6 Å². The fourth-order valence-electron chi connectivity index (χ4n) is 10.5. The largest absolute Gasteiger partial charge is 0.417 e. The van der Waals surface area contributed by atoms with Crippen LogP contribution in [0.5, 0.6) is 0 Å². The van der Waals surface area contributed by atoms with Gasteiger partial charge in [0, 0.05) is 19.4 Å². The van der Waals surface area contributed by atoms with Gasteiger partial charge in [-0.2, -0.15) is 13.2 Å². The number of allylic oxidation sites excluding steroid dienone is 1. The van der Waals surface area contributed by atoms with Gasteiger partial charge in [0.15, 0.2) is 15.4 Å². The summed E-state index contributed by atoms with van der Waals surface area (Å²) in [5.41, 5.74) is -3.49. The van der Waals surface area contributed by atoms with Crippen molar-refractivity contribution >= 4 is 9.84 Å². The monoisotopic (exact) mass is 624 g/mol. The van der Waals surface area contributed by atoms with Crippen molar-refractivity contribution in [2.75, 3.05) is 13.2 Å². The number of alkyl halides is 3. The van der Waals surface area contributed by atoms with Crippen LogP contribution in [0.15, 0.2) is 46.9 Å². The van der Waals surface area contributed by atoms with Crippen LogP contribution in [0.1, 0.15) is 85.0 Å². The normalized spacial score (nSPS) is 42.8. The Morgan fingerprint density at radius 3 is 2.37 bits per heavy atom. The predicted molar refractivity (Wildman–Crippen MR) is 158 cm³/mol. The van der Waals surface area contributed by atoms with Gasteiger partial charge in [-0.3, -0.25) is 0 Å². The fourth-order valence-corrected chi connectivity index (χ4v) is 12.7. The zero-order chi connectivity index (χ0) is 31.1. The van der Waals surface area contributed by atoms with Crippen molar-refractivity contribution in [2.24, 2.45) is 40.4 Å². The zero-order valence-electron chi connectivity index (χ0n) is 25.6. The highest BCUT2D eigenvalue weighted by Crippen LogP contribution is 2.68. The minimum atomic E-state index is -4.64. The van der Waals surface area contributed by atoms with Crippen LogP contribution in [0.2, 0.25) is 0 Å². The Kier molecular flexibility index (Phi) is 7.75. The zero-order valence-corrected chi connectivity index (χ0v) is 26.4. The lowest BCUT2D eigenvalue weighted by atomic mass is 9.46. The lowest BCUT2D eigenvalue weighted by Gasteiger charge is -2.59. The van der Waals surface area contributed by atoms with Crippen molar-refractivity contribution in [2.45, 2.75) is 113 Å². The van der Waals surface area contributed by atoms with Crippen molar-refractivity contribution in [3.8, 4) is 0 Å². The maximum absolute atomic E-state index is 14.2. The third-order valence-electron chi connectivity index (χ3n) is 13.1. The van der Waals surface area contributed by atoms with E-state index in [1.807, 2.05) is 6.08 Å². The number of benzene rings is 1. The minimum absolute atomic E-state index is 0.0943. The van der Waals surface area contributed by atoms with E-state index in [9.17, 15) is 31.8 Å². The molecule has 43 heavy (non-hydrogen) atoms. The smallest absolute Gasteiger partial charge is 0.387 e. The highest BCUT2D eigenvalue weighted by atomic mass is 32.2. The van der Waals surface area contributed by atoms with E-state index in [-0.39, 0.29) is 59.3 Å². The number of fused-ring (bicyclic) bond motifs is 5. The first-order valence-corrected chi connectivity index (χ1v) is 17.7. The van der Waals surface area contributed by atoms with E-state index >= 15 is 0 Å². The van der Waals surface area contributed by atoms with Gasteiger partial charge in [-0.25, -0.2) is 8.42 Å². The second-order valence-electron chi connectivity index (χ2n) is 15.2. The number of hydrogen-bond acceptors (Lipinski definition) is 5. The van der Waals surface area contributed by atoms with E-state index in [1.54, 1.807) is 30.3 Å². The molecule has 10 atom stereocenters. The van der Waals surface area contributed by atoms with Crippen molar-refractivity contribution < 1.29 is 36.5 Å². The molecule has 1 heterocycles. The molecule has 240 valence electrons. The predicted octanol–water partition coefficient (Wildman–Crippen LogP) is 6.88. The van der Waals surface area contributed by atoms with Gasteiger partial charge in [-0.1, -0.05) is 50.6 Å². The highest BCUT2D eigenvalue weighted by molar-refractivity contribution is 7.92. The molecule has 1 saturated heterocycles. The molecule has 4 aliphatic carbocycles. The molecule has 0 bridgehead atoms. The van der Waals surface area contributed by atoms with Crippen LogP contribution in [-0.4, -0.2) is 54.5 Å². The number of ether oxygens (including phenoxy) is 1. The number of aliphatic hydroxyl groups is 2.